The molecular weight excluding hydrogens is 186 g/mol. The largest absolute Gasteiger partial charge is 0.305 e. The van der Waals surface area contributed by atoms with Crippen molar-refractivity contribution in [1.29, 1.82) is 0 Å². The minimum Gasteiger partial charge on any atom is -0.305 e. The third-order valence-electron chi connectivity index (χ3n) is 2.48. The molecular formula is C10H12F2N2. The monoisotopic (exact) mass is 198 g/mol. The maximum absolute atomic E-state index is 13.5. The highest BCUT2D eigenvalue weighted by atomic mass is 19.3. The molecule has 1 saturated heterocycles. The molecule has 2 heterocycles. The van der Waals surface area contributed by atoms with E-state index in [1.807, 2.05) is 0 Å². The maximum atomic E-state index is 13.5. The third kappa shape index (κ3) is 1.75. The Balaban J connectivity index is 2.24. The highest BCUT2D eigenvalue weighted by Gasteiger charge is 2.42. The highest BCUT2D eigenvalue weighted by Crippen LogP contribution is 2.37. The number of aromatic nitrogens is 1. The van der Waals surface area contributed by atoms with Crippen molar-refractivity contribution in [1.82, 2.24) is 10.3 Å². The van der Waals surface area contributed by atoms with E-state index in [9.17, 15) is 8.78 Å². The predicted octanol–water partition coefficient (Wildman–Crippen LogP) is 2.14. The first-order valence-corrected chi connectivity index (χ1v) is 4.71. The summed E-state index contributed by atoms with van der Waals surface area (Å²) in [5.41, 5.74) is 0.567. The molecule has 0 radical (unpaired) electrons. The van der Waals surface area contributed by atoms with Crippen molar-refractivity contribution in [2.45, 2.75) is 24.8 Å². The number of hydrogen-bond donors (Lipinski definition) is 1. The second-order valence-corrected chi connectivity index (χ2v) is 3.54. The number of pyridine rings is 1. The molecule has 0 amide bonds. The van der Waals surface area contributed by atoms with Gasteiger partial charge in [0.15, 0.2) is 0 Å². The normalized spacial score (nSPS) is 26.0. The summed E-state index contributed by atoms with van der Waals surface area (Å²) in [6, 6.07) is 2.50. The number of nitrogens with zero attached hydrogens (tertiary/aromatic N) is 1. The fourth-order valence-corrected chi connectivity index (χ4v) is 1.77. The SMILES string of the molecule is FC1(F)CCCNC1c1cccnc1. The molecule has 1 unspecified atom stereocenters. The van der Waals surface area contributed by atoms with Crippen molar-refractivity contribution in [3.8, 4) is 0 Å². The number of alkyl halides is 2. The van der Waals surface area contributed by atoms with Gasteiger partial charge in [0.2, 0.25) is 0 Å². The summed E-state index contributed by atoms with van der Waals surface area (Å²) < 4.78 is 26.9. The maximum Gasteiger partial charge on any atom is 0.267 e. The quantitative estimate of drug-likeness (QED) is 0.747. The Hall–Kier alpha value is -1.03. The van der Waals surface area contributed by atoms with Gasteiger partial charge in [0.05, 0.1) is 6.04 Å². The fraction of sp³-hybridized carbons (Fsp3) is 0.500. The molecule has 1 aromatic heterocycles. The van der Waals surface area contributed by atoms with E-state index in [1.165, 1.54) is 6.20 Å². The summed E-state index contributed by atoms with van der Waals surface area (Å²) in [6.45, 7) is 0.648. The molecule has 1 aromatic rings. The van der Waals surface area contributed by atoms with Crippen molar-refractivity contribution < 1.29 is 8.78 Å². The minimum atomic E-state index is -2.65. The third-order valence-corrected chi connectivity index (χ3v) is 2.48. The number of nitrogens with one attached hydrogen (secondary N) is 1. The summed E-state index contributed by atoms with van der Waals surface area (Å²) in [5.74, 6) is -2.65. The molecule has 0 aromatic carbocycles. The van der Waals surface area contributed by atoms with Gasteiger partial charge in [0.25, 0.3) is 5.92 Å². The Morgan fingerprint density at radius 2 is 2.36 bits per heavy atom. The number of halogens is 2. The number of hydrogen-bond acceptors (Lipinski definition) is 2. The molecule has 0 bridgehead atoms. The smallest absolute Gasteiger partial charge is 0.267 e. The molecule has 1 aliphatic heterocycles. The lowest BCUT2D eigenvalue weighted by Crippen LogP contribution is -2.42. The van der Waals surface area contributed by atoms with Gasteiger partial charge in [-0.2, -0.15) is 0 Å². The first-order chi connectivity index (χ1) is 6.70. The van der Waals surface area contributed by atoms with Crippen LogP contribution >= 0.6 is 0 Å². The summed E-state index contributed by atoms with van der Waals surface area (Å²) in [5, 5.41) is 2.84. The fourth-order valence-electron chi connectivity index (χ4n) is 1.77. The molecule has 2 rings (SSSR count). The van der Waals surface area contributed by atoms with E-state index >= 15 is 0 Å². The lowest BCUT2D eigenvalue weighted by atomic mass is 9.95. The molecule has 0 spiro atoms. The molecule has 4 heteroatoms. The van der Waals surface area contributed by atoms with Crippen LogP contribution in [0.2, 0.25) is 0 Å². The topological polar surface area (TPSA) is 24.9 Å². The molecule has 14 heavy (non-hydrogen) atoms. The zero-order chi connectivity index (χ0) is 10.0. The lowest BCUT2D eigenvalue weighted by Gasteiger charge is -2.32. The molecule has 1 fully saturated rings. The van der Waals surface area contributed by atoms with Gasteiger partial charge in [-0.3, -0.25) is 4.98 Å². The average molecular weight is 198 g/mol. The summed E-state index contributed by atoms with van der Waals surface area (Å²) >= 11 is 0. The number of rotatable bonds is 1. The van der Waals surface area contributed by atoms with Crippen molar-refractivity contribution in [3.63, 3.8) is 0 Å². The Bertz CT molecular complexity index is 300. The standard InChI is InChI=1S/C10H12F2N2/c11-10(12)4-2-6-14-9(10)8-3-1-5-13-7-8/h1,3,5,7,9,14H,2,4,6H2. The second-order valence-electron chi connectivity index (χ2n) is 3.54. The highest BCUT2D eigenvalue weighted by molar-refractivity contribution is 5.17. The van der Waals surface area contributed by atoms with Crippen molar-refractivity contribution in [3.05, 3.63) is 30.1 Å². The molecule has 2 nitrogen and oxygen atoms in total. The molecule has 0 saturated carbocycles. The van der Waals surface area contributed by atoms with Crippen molar-refractivity contribution >= 4 is 0 Å². The van der Waals surface area contributed by atoms with Crippen LogP contribution in [-0.4, -0.2) is 17.5 Å². The van der Waals surface area contributed by atoms with Crippen LogP contribution in [-0.2, 0) is 0 Å². The van der Waals surface area contributed by atoms with Gasteiger partial charge in [0, 0.05) is 18.8 Å². The Morgan fingerprint density at radius 1 is 1.50 bits per heavy atom. The summed E-state index contributed by atoms with van der Waals surface area (Å²) in [6.07, 6.45) is 3.57. The predicted molar refractivity (Wildman–Crippen MR) is 49.2 cm³/mol. The Kier molecular flexibility index (Phi) is 2.46. The van der Waals surface area contributed by atoms with Gasteiger partial charge in [0.1, 0.15) is 0 Å². The second kappa shape index (κ2) is 3.61. The van der Waals surface area contributed by atoms with Gasteiger partial charge in [-0.05, 0) is 24.6 Å². The van der Waals surface area contributed by atoms with Crippen LogP contribution in [0.3, 0.4) is 0 Å². The molecule has 1 N–H and O–H groups in total. The van der Waals surface area contributed by atoms with Crippen LogP contribution in [0.5, 0.6) is 0 Å². The van der Waals surface area contributed by atoms with E-state index in [0.29, 0.717) is 18.5 Å². The average Bonchev–Trinajstić information content (AvgIpc) is 2.18. The zero-order valence-electron chi connectivity index (χ0n) is 7.71. The summed E-state index contributed by atoms with van der Waals surface area (Å²) in [4.78, 5) is 3.85. The van der Waals surface area contributed by atoms with E-state index < -0.39 is 12.0 Å². The van der Waals surface area contributed by atoms with Gasteiger partial charge in [-0.15, -0.1) is 0 Å². The van der Waals surface area contributed by atoms with E-state index in [2.05, 4.69) is 10.3 Å². The molecule has 0 aliphatic carbocycles. The van der Waals surface area contributed by atoms with Crippen LogP contribution in [0.1, 0.15) is 24.4 Å². The van der Waals surface area contributed by atoms with Crippen LogP contribution in [0.15, 0.2) is 24.5 Å². The van der Waals surface area contributed by atoms with Gasteiger partial charge < -0.3 is 5.32 Å². The van der Waals surface area contributed by atoms with Crippen LogP contribution in [0.4, 0.5) is 8.78 Å². The Morgan fingerprint density at radius 3 is 3.00 bits per heavy atom. The molecule has 76 valence electrons. The molecule has 1 aliphatic rings. The van der Waals surface area contributed by atoms with Gasteiger partial charge in [-0.25, -0.2) is 8.78 Å². The lowest BCUT2D eigenvalue weighted by molar-refractivity contribution is -0.0620. The zero-order valence-corrected chi connectivity index (χ0v) is 7.71. The summed E-state index contributed by atoms with van der Waals surface area (Å²) in [7, 11) is 0. The first-order valence-electron chi connectivity index (χ1n) is 4.71. The van der Waals surface area contributed by atoms with Crippen LogP contribution < -0.4 is 5.32 Å². The van der Waals surface area contributed by atoms with E-state index in [0.717, 1.165) is 0 Å². The molecule has 1 atom stereocenters. The van der Waals surface area contributed by atoms with Gasteiger partial charge >= 0.3 is 0 Å². The Labute approximate surface area is 81.4 Å². The van der Waals surface area contributed by atoms with Crippen LogP contribution in [0.25, 0.3) is 0 Å². The van der Waals surface area contributed by atoms with E-state index in [4.69, 9.17) is 0 Å². The van der Waals surface area contributed by atoms with Crippen LogP contribution in [0, 0.1) is 0 Å². The van der Waals surface area contributed by atoms with Crippen molar-refractivity contribution in [2.24, 2.45) is 0 Å². The van der Waals surface area contributed by atoms with Gasteiger partial charge in [-0.1, -0.05) is 6.07 Å². The number of piperidine rings is 1. The van der Waals surface area contributed by atoms with Crippen molar-refractivity contribution in [2.75, 3.05) is 6.54 Å². The minimum absolute atomic E-state index is 0.0421. The first kappa shape index (κ1) is 9.52. The van der Waals surface area contributed by atoms with E-state index in [1.54, 1.807) is 18.3 Å². The van der Waals surface area contributed by atoms with E-state index in [-0.39, 0.29) is 6.42 Å².